The van der Waals surface area contributed by atoms with E-state index in [1.165, 1.54) is 12.4 Å². The van der Waals surface area contributed by atoms with Crippen molar-refractivity contribution < 1.29 is 9.59 Å². The molecule has 0 fully saturated rings. The van der Waals surface area contributed by atoms with Gasteiger partial charge in [0.05, 0.1) is 0 Å². The summed E-state index contributed by atoms with van der Waals surface area (Å²) in [7, 11) is 0. The van der Waals surface area contributed by atoms with Crippen LogP contribution in [0.2, 0.25) is 0 Å². The smallest absolute Gasteiger partial charge is 0.275 e. The summed E-state index contributed by atoms with van der Waals surface area (Å²) in [5.41, 5.74) is 4.26. The Hall–Kier alpha value is -4.20. The molecule has 8 heteroatoms. The first-order valence-electron chi connectivity index (χ1n) is 8.38. The van der Waals surface area contributed by atoms with E-state index in [-0.39, 0.29) is 11.1 Å². The Morgan fingerprint density at radius 3 is 1.46 bits per heavy atom. The molecule has 4 N–H and O–H groups in total. The van der Waals surface area contributed by atoms with Crippen LogP contribution in [0.3, 0.4) is 0 Å². The number of aromatic amines is 2. The van der Waals surface area contributed by atoms with Gasteiger partial charge in [0.25, 0.3) is 11.8 Å². The first-order chi connectivity index (χ1) is 13.6. The Balaban J connectivity index is 1.56. The monoisotopic (exact) mass is 374 g/mol. The van der Waals surface area contributed by atoms with Crippen LogP contribution < -0.4 is 21.7 Å². The second-order valence-corrected chi connectivity index (χ2v) is 6.06. The van der Waals surface area contributed by atoms with Crippen molar-refractivity contribution in [3.63, 3.8) is 0 Å². The second-order valence-electron chi connectivity index (χ2n) is 6.06. The standard InChI is InChI=1S/C20H14N4O4/c25-17-11-5-1-3-7-15(11)21-9-13(17)19(27)23-24-20(28)14-10-22-16-8-4-2-6-12(16)18(14)26/h1-10H,(H,21,25)(H,22,26)(H,23,27)(H,24,28). The maximum atomic E-state index is 12.4. The molecular formula is C20H14N4O4. The highest BCUT2D eigenvalue weighted by Crippen LogP contribution is 2.08. The molecule has 8 nitrogen and oxygen atoms in total. The van der Waals surface area contributed by atoms with E-state index in [0.717, 1.165) is 0 Å². The van der Waals surface area contributed by atoms with Crippen molar-refractivity contribution >= 4 is 33.6 Å². The molecule has 0 unspecified atom stereocenters. The average molecular weight is 374 g/mol. The van der Waals surface area contributed by atoms with Gasteiger partial charge in [-0.25, -0.2) is 0 Å². The highest BCUT2D eigenvalue weighted by Gasteiger charge is 2.16. The highest BCUT2D eigenvalue weighted by molar-refractivity contribution is 6.01. The number of hydrogen-bond donors (Lipinski definition) is 4. The molecule has 0 aliphatic carbocycles. The summed E-state index contributed by atoms with van der Waals surface area (Å²) in [6.45, 7) is 0. The predicted octanol–water partition coefficient (Wildman–Crippen LogP) is 1.44. The number of aromatic nitrogens is 2. The number of H-pyrrole nitrogens is 2. The molecule has 0 aliphatic rings. The third-order valence-electron chi connectivity index (χ3n) is 4.36. The van der Waals surface area contributed by atoms with E-state index < -0.39 is 22.7 Å². The zero-order valence-corrected chi connectivity index (χ0v) is 14.4. The minimum atomic E-state index is -0.794. The number of para-hydroxylation sites is 2. The lowest BCUT2D eigenvalue weighted by Crippen LogP contribution is -2.44. The third kappa shape index (κ3) is 2.92. The second kappa shape index (κ2) is 6.84. The summed E-state index contributed by atoms with van der Waals surface area (Å²) < 4.78 is 0. The number of pyridine rings is 2. The number of hydrogen-bond acceptors (Lipinski definition) is 4. The molecule has 4 aromatic rings. The number of carbonyl (C=O) groups is 2. The number of hydrazine groups is 1. The number of nitrogens with one attached hydrogen (secondary N) is 4. The van der Waals surface area contributed by atoms with E-state index in [0.29, 0.717) is 21.8 Å². The van der Waals surface area contributed by atoms with Crippen LogP contribution in [-0.4, -0.2) is 21.8 Å². The lowest BCUT2D eigenvalue weighted by Gasteiger charge is -2.08. The number of amides is 2. The van der Waals surface area contributed by atoms with Crippen LogP contribution >= 0.6 is 0 Å². The van der Waals surface area contributed by atoms with E-state index in [4.69, 9.17) is 0 Å². The Morgan fingerprint density at radius 2 is 1.04 bits per heavy atom. The molecule has 4 rings (SSSR count). The van der Waals surface area contributed by atoms with Crippen molar-refractivity contribution in [1.82, 2.24) is 20.8 Å². The molecule has 0 atom stereocenters. The van der Waals surface area contributed by atoms with Crippen LogP contribution in [0.15, 0.2) is 70.5 Å². The van der Waals surface area contributed by atoms with Gasteiger partial charge >= 0.3 is 0 Å². The SMILES string of the molecule is O=C(NNC(=O)c1c[nH]c2ccccc2c1=O)c1c[nH]c2ccccc2c1=O. The van der Waals surface area contributed by atoms with E-state index in [2.05, 4.69) is 20.8 Å². The van der Waals surface area contributed by atoms with Gasteiger partial charge in [0.15, 0.2) is 0 Å². The Kier molecular flexibility index (Phi) is 4.21. The van der Waals surface area contributed by atoms with Crippen LogP contribution in [0.1, 0.15) is 20.7 Å². The normalized spacial score (nSPS) is 10.7. The fourth-order valence-corrected chi connectivity index (χ4v) is 2.92. The number of rotatable bonds is 2. The quantitative estimate of drug-likeness (QED) is 0.396. The number of carbonyl (C=O) groups excluding carboxylic acids is 2. The Labute approximate surface area is 157 Å². The molecule has 28 heavy (non-hydrogen) atoms. The van der Waals surface area contributed by atoms with Gasteiger partial charge in [-0.15, -0.1) is 0 Å². The topological polar surface area (TPSA) is 124 Å². The summed E-state index contributed by atoms with van der Waals surface area (Å²) >= 11 is 0. The van der Waals surface area contributed by atoms with Gasteiger partial charge in [-0.3, -0.25) is 30.0 Å². The van der Waals surface area contributed by atoms with Crippen molar-refractivity contribution in [3.05, 3.63) is 92.5 Å². The largest absolute Gasteiger partial charge is 0.360 e. The fourth-order valence-electron chi connectivity index (χ4n) is 2.92. The van der Waals surface area contributed by atoms with Gasteiger partial charge in [-0.05, 0) is 24.3 Å². The van der Waals surface area contributed by atoms with Crippen molar-refractivity contribution in [2.24, 2.45) is 0 Å². The van der Waals surface area contributed by atoms with E-state index in [1.807, 2.05) is 0 Å². The van der Waals surface area contributed by atoms with E-state index in [1.54, 1.807) is 48.5 Å². The maximum Gasteiger partial charge on any atom is 0.275 e. The summed E-state index contributed by atoms with van der Waals surface area (Å²) in [6.07, 6.45) is 2.55. The first-order valence-corrected chi connectivity index (χ1v) is 8.38. The third-order valence-corrected chi connectivity index (χ3v) is 4.36. The molecule has 0 radical (unpaired) electrons. The Bertz CT molecular complexity index is 1250. The van der Waals surface area contributed by atoms with Crippen LogP contribution in [0, 0.1) is 0 Å². The van der Waals surface area contributed by atoms with Gasteiger partial charge in [0.2, 0.25) is 10.9 Å². The van der Waals surface area contributed by atoms with Gasteiger partial charge in [0.1, 0.15) is 11.1 Å². The molecule has 2 amide bonds. The fraction of sp³-hybridized carbons (Fsp3) is 0. The molecule has 2 aromatic carbocycles. The zero-order valence-electron chi connectivity index (χ0n) is 14.4. The van der Waals surface area contributed by atoms with E-state index in [9.17, 15) is 19.2 Å². The molecule has 0 spiro atoms. The van der Waals surface area contributed by atoms with Crippen molar-refractivity contribution in [2.75, 3.05) is 0 Å². The molecule has 0 aliphatic heterocycles. The molecular weight excluding hydrogens is 360 g/mol. The predicted molar refractivity (Wildman–Crippen MR) is 104 cm³/mol. The van der Waals surface area contributed by atoms with Crippen LogP contribution in [0.25, 0.3) is 21.8 Å². The molecule has 0 saturated heterocycles. The molecule has 2 aromatic heterocycles. The maximum absolute atomic E-state index is 12.4. The summed E-state index contributed by atoms with van der Waals surface area (Å²) in [5.74, 6) is -1.59. The van der Waals surface area contributed by atoms with Crippen molar-refractivity contribution in [2.45, 2.75) is 0 Å². The van der Waals surface area contributed by atoms with Crippen LogP contribution in [0.5, 0.6) is 0 Å². The van der Waals surface area contributed by atoms with Crippen LogP contribution in [-0.2, 0) is 0 Å². The minimum absolute atomic E-state index is 0.161. The van der Waals surface area contributed by atoms with Crippen molar-refractivity contribution in [3.8, 4) is 0 Å². The van der Waals surface area contributed by atoms with Gasteiger partial charge in [0, 0.05) is 34.2 Å². The summed E-state index contributed by atoms with van der Waals surface area (Å²) in [6, 6.07) is 13.5. The summed E-state index contributed by atoms with van der Waals surface area (Å²) in [5, 5.41) is 0.708. The van der Waals surface area contributed by atoms with E-state index >= 15 is 0 Å². The lowest BCUT2D eigenvalue weighted by atomic mass is 10.1. The summed E-state index contributed by atoms with van der Waals surface area (Å²) in [4.78, 5) is 55.2. The molecule has 2 heterocycles. The highest BCUT2D eigenvalue weighted by atomic mass is 16.2. The molecule has 0 bridgehead atoms. The van der Waals surface area contributed by atoms with Gasteiger partial charge in [-0.1, -0.05) is 24.3 Å². The van der Waals surface area contributed by atoms with Gasteiger partial charge in [-0.2, -0.15) is 0 Å². The molecule has 0 saturated carbocycles. The van der Waals surface area contributed by atoms with Crippen molar-refractivity contribution in [1.29, 1.82) is 0 Å². The lowest BCUT2D eigenvalue weighted by molar-refractivity contribution is 0.0845. The molecule has 138 valence electrons. The minimum Gasteiger partial charge on any atom is -0.360 e. The zero-order chi connectivity index (χ0) is 19.7. The number of fused-ring (bicyclic) bond motifs is 2. The number of benzene rings is 2. The Morgan fingerprint density at radius 1 is 0.643 bits per heavy atom. The van der Waals surface area contributed by atoms with Gasteiger partial charge < -0.3 is 9.97 Å². The average Bonchev–Trinajstić information content (AvgIpc) is 2.73. The van der Waals surface area contributed by atoms with Crippen LogP contribution in [0.4, 0.5) is 0 Å². The first kappa shape index (κ1) is 17.2.